The molecule has 0 N–H and O–H groups in total. The van der Waals surface area contributed by atoms with E-state index in [9.17, 15) is 22.7 Å². The lowest BCUT2D eigenvalue weighted by Crippen LogP contribution is -2.02. The van der Waals surface area contributed by atoms with Crippen LogP contribution in [0.25, 0.3) is 4.98 Å². The summed E-state index contributed by atoms with van der Waals surface area (Å²) in [6, 6.07) is 12.0. The summed E-state index contributed by atoms with van der Waals surface area (Å²) in [7, 11) is -6.00. The van der Waals surface area contributed by atoms with Crippen molar-refractivity contribution in [2.45, 2.75) is 56.2 Å². The molecule has 0 unspecified atom stereocenters. The van der Waals surface area contributed by atoms with E-state index in [0.717, 1.165) is 41.2 Å². The maximum atomic E-state index is 9.75. The van der Waals surface area contributed by atoms with Crippen LogP contribution in [-0.4, -0.2) is 20.5 Å². The molecule has 2 rings (SSSR count). The quantitative estimate of drug-likeness (QED) is 0.156. The van der Waals surface area contributed by atoms with Gasteiger partial charge in [0.1, 0.15) is 5.75 Å². The molecule has 0 saturated heterocycles. The average Bonchev–Trinajstić information content (AvgIpc) is 2.70. The van der Waals surface area contributed by atoms with E-state index < -0.39 is 7.25 Å². The van der Waals surface area contributed by atoms with Crippen molar-refractivity contribution in [3.63, 3.8) is 0 Å². The predicted octanol–water partition coefficient (Wildman–Crippen LogP) is 8.29. The molecule has 0 atom stereocenters. The zero-order chi connectivity index (χ0) is 23.3. The first-order chi connectivity index (χ1) is 14.7. The molecule has 0 aliphatic heterocycles. The Morgan fingerprint density at radius 3 is 1.90 bits per heavy atom. The third-order valence-electron chi connectivity index (χ3n) is 3.89. The summed E-state index contributed by atoms with van der Waals surface area (Å²) in [4.78, 5) is 5.47. The van der Waals surface area contributed by atoms with Crippen LogP contribution >= 0.6 is 11.8 Å². The van der Waals surface area contributed by atoms with Gasteiger partial charge in [0, 0.05) is 11.0 Å². The van der Waals surface area contributed by atoms with E-state index in [2.05, 4.69) is 50.0 Å². The summed E-state index contributed by atoms with van der Waals surface area (Å²) in [5.74, 6) is 1.30. The second-order valence-corrected chi connectivity index (χ2v) is 7.80. The molecule has 0 radical (unpaired) electrons. The van der Waals surface area contributed by atoms with Crippen molar-refractivity contribution < 1.29 is 26.7 Å². The molecule has 4 nitrogen and oxygen atoms in total. The van der Waals surface area contributed by atoms with Crippen LogP contribution < -0.4 is 9.47 Å². The molecular weight excluding hydrogens is 431 g/mol. The number of aryl methyl sites for hydroxylation is 1. The van der Waals surface area contributed by atoms with Gasteiger partial charge in [0.25, 0.3) is 0 Å². The molecule has 0 amide bonds. The smallest absolute Gasteiger partial charge is 0.492 e. The fourth-order valence-electron chi connectivity index (χ4n) is 2.30. The van der Waals surface area contributed by atoms with Gasteiger partial charge in [-0.05, 0) is 31.9 Å². The van der Waals surface area contributed by atoms with E-state index in [1.54, 1.807) is 17.8 Å². The van der Waals surface area contributed by atoms with Crippen molar-refractivity contribution in [3.05, 3.63) is 46.9 Å². The molecule has 170 valence electrons. The maximum Gasteiger partial charge on any atom is 0.673 e. The third-order valence-corrected chi connectivity index (χ3v) is 4.94. The van der Waals surface area contributed by atoms with Gasteiger partial charge in [0.2, 0.25) is 11.1 Å². The molecule has 0 saturated carbocycles. The van der Waals surface area contributed by atoms with Crippen molar-refractivity contribution in [2.24, 2.45) is 0 Å². The molecule has 0 heterocycles. The molecule has 0 fully saturated rings. The fourth-order valence-corrected chi connectivity index (χ4v) is 3.21. The summed E-state index contributed by atoms with van der Waals surface area (Å²) >= 11 is 1.63. The molecular formula is C21H27BF4N2O2S. The molecule has 0 spiro atoms. The van der Waals surface area contributed by atoms with E-state index in [0.29, 0.717) is 24.7 Å². The Balaban J connectivity index is 0.000000861. The number of diazo groups is 1. The highest BCUT2D eigenvalue weighted by atomic mass is 32.2. The van der Waals surface area contributed by atoms with Gasteiger partial charge in [-0.3, -0.25) is 0 Å². The van der Waals surface area contributed by atoms with Gasteiger partial charge in [0.15, 0.2) is 4.98 Å². The lowest BCUT2D eigenvalue weighted by molar-refractivity contribution is 0.296. The summed E-state index contributed by atoms with van der Waals surface area (Å²) < 4.78 is 50.8. The van der Waals surface area contributed by atoms with E-state index in [-0.39, 0.29) is 0 Å². The summed E-state index contributed by atoms with van der Waals surface area (Å²) in [5, 5.41) is 9.36. The number of halogens is 4. The van der Waals surface area contributed by atoms with Crippen LogP contribution in [-0.2, 0) is 0 Å². The standard InChI is InChI=1S/C21H27N2O2S.BF4/c1-4-6-12-24-19-15-21(26-17-10-8-16(3)9-11-17)20(14-18(19)23-22)25-13-7-5-2;2-1(3,4)5/h8-11,14-15H,4-7,12-13H2,1-3H3;/q+1;-1. The third kappa shape index (κ3) is 11.5. The number of hydrogen-bond donors (Lipinski definition) is 0. The molecule has 0 bridgehead atoms. The van der Waals surface area contributed by atoms with Crippen LogP contribution in [0.3, 0.4) is 0 Å². The van der Waals surface area contributed by atoms with Crippen LogP contribution in [0.4, 0.5) is 23.0 Å². The van der Waals surface area contributed by atoms with Crippen molar-refractivity contribution in [3.8, 4) is 11.5 Å². The van der Waals surface area contributed by atoms with Crippen LogP contribution in [0.15, 0.2) is 46.2 Å². The minimum absolute atomic E-state index is 0.404. The Kier molecular flexibility index (Phi) is 11.9. The topological polar surface area (TPSA) is 46.6 Å². The Morgan fingerprint density at radius 2 is 1.42 bits per heavy atom. The Bertz CT molecular complexity index is 837. The molecule has 0 aliphatic carbocycles. The van der Waals surface area contributed by atoms with Crippen LogP contribution in [0.1, 0.15) is 45.1 Å². The lowest BCUT2D eigenvalue weighted by atomic mass is 10.2. The van der Waals surface area contributed by atoms with Gasteiger partial charge in [-0.1, -0.05) is 56.1 Å². The molecule has 2 aromatic rings. The second-order valence-electron chi connectivity index (χ2n) is 6.68. The monoisotopic (exact) mass is 458 g/mol. The number of rotatable bonds is 10. The van der Waals surface area contributed by atoms with E-state index in [1.165, 1.54) is 5.56 Å². The highest BCUT2D eigenvalue weighted by molar-refractivity contribution is 7.99. The zero-order valence-electron chi connectivity index (χ0n) is 17.9. The highest BCUT2D eigenvalue weighted by Crippen LogP contribution is 2.43. The summed E-state index contributed by atoms with van der Waals surface area (Å²) in [6.45, 7) is 7.56. The minimum Gasteiger partial charge on any atom is -0.492 e. The first kappa shape index (κ1) is 26.6. The lowest BCUT2D eigenvalue weighted by Gasteiger charge is -2.12. The minimum atomic E-state index is -6.00. The normalized spacial score (nSPS) is 10.6. The number of nitrogens with zero attached hydrogens (tertiary/aromatic N) is 2. The van der Waals surface area contributed by atoms with Gasteiger partial charge in [-0.2, -0.15) is 0 Å². The first-order valence-electron chi connectivity index (χ1n) is 10.1. The maximum absolute atomic E-state index is 9.75. The van der Waals surface area contributed by atoms with Gasteiger partial charge in [-0.15, -0.1) is 0 Å². The molecule has 0 aliphatic rings. The highest BCUT2D eigenvalue weighted by Gasteiger charge is 2.22. The number of ether oxygens (including phenoxy) is 2. The SMILES string of the molecule is CCCCOc1cc(Sc2ccc(C)cc2)c(OCCCC)cc1[N+]#N.F[B-](F)(F)F. The van der Waals surface area contributed by atoms with Crippen LogP contribution in [0.2, 0.25) is 0 Å². The number of hydrogen-bond acceptors (Lipinski definition) is 4. The molecule has 2 aromatic carbocycles. The van der Waals surface area contributed by atoms with Crippen molar-refractivity contribution in [1.82, 2.24) is 0 Å². The second kappa shape index (κ2) is 13.8. The van der Waals surface area contributed by atoms with Gasteiger partial charge in [-0.25, -0.2) is 0 Å². The number of unbranched alkanes of at least 4 members (excludes halogenated alkanes) is 2. The average molecular weight is 458 g/mol. The first-order valence-corrected chi connectivity index (χ1v) is 10.9. The molecule has 31 heavy (non-hydrogen) atoms. The van der Waals surface area contributed by atoms with Crippen LogP contribution in [0, 0.1) is 12.3 Å². The van der Waals surface area contributed by atoms with Crippen molar-refractivity contribution in [1.29, 1.82) is 5.39 Å². The Morgan fingerprint density at radius 1 is 0.903 bits per heavy atom. The Hall–Kier alpha value is -2.41. The Labute approximate surface area is 185 Å². The predicted molar refractivity (Wildman–Crippen MR) is 117 cm³/mol. The van der Waals surface area contributed by atoms with Gasteiger partial charge in [0.05, 0.1) is 24.2 Å². The molecule has 0 aromatic heterocycles. The van der Waals surface area contributed by atoms with Crippen molar-refractivity contribution in [2.75, 3.05) is 13.2 Å². The van der Waals surface area contributed by atoms with E-state index in [1.807, 2.05) is 6.07 Å². The van der Waals surface area contributed by atoms with Crippen molar-refractivity contribution >= 4 is 24.7 Å². The largest absolute Gasteiger partial charge is 0.673 e. The van der Waals surface area contributed by atoms with Crippen LogP contribution in [0.5, 0.6) is 11.5 Å². The summed E-state index contributed by atoms with van der Waals surface area (Å²) in [5.41, 5.74) is 1.63. The zero-order valence-corrected chi connectivity index (χ0v) is 18.7. The van der Waals surface area contributed by atoms with E-state index in [4.69, 9.17) is 9.47 Å². The van der Waals surface area contributed by atoms with Gasteiger partial charge < -0.3 is 26.7 Å². The van der Waals surface area contributed by atoms with E-state index >= 15 is 0 Å². The fraction of sp³-hybridized carbons (Fsp3) is 0.429. The molecule has 10 heteroatoms. The summed E-state index contributed by atoms with van der Waals surface area (Å²) in [6.07, 6.45) is 4.06. The van der Waals surface area contributed by atoms with Gasteiger partial charge >= 0.3 is 12.9 Å². The number of benzene rings is 2.